The van der Waals surface area contributed by atoms with Crippen LogP contribution in [0.2, 0.25) is 5.15 Å². The van der Waals surface area contributed by atoms with Gasteiger partial charge >= 0.3 is 0 Å². The molecule has 2 aromatic rings. The van der Waals surface area contributed by atoms with Gasteiger partial charge in [-0.25, -0.2) is 9.97 Å². The Morgan fingerprint density at radius 3 is 3.07 bits per heavy atom. The minimum Gasteiger partial charge on any atom is -0.387 e. The molecule has 0 radical (unpaired) electrons. The van der Waals surface area contributed by atoms with E-state index >= 15 is 0 Å². The number of hydrogen-bond donors (Lipinski definition) is 3. The SMILES string of the molecule is NCC(O)c1c[nH]c2ncnc(Cl)c12. The van der Waals surface area contributed by atoms with Crippen LogP contribution in [0.25, 0.3) is 11.0 Å². The molecule has 1 atom stereocenters. The van der Waals surface area contributed by atoms with Crippen LogP contribution in [0.15, 0.2) is 12.5 Å². The predicted octanol–water partition coefficient (Wildman–Crippen LogP) is 0.603. The summed E-state index contributed by atoms with van der Waals surface area (Å²) in [5.74, 6) is 0. The average molecular weight is 213 g/mol. The molecule has 6 heteroatoms. The van der Waals surface area contributed by atoms with E-state index in [1.165, 1.54) is 6.33 Å². The molecule has 5 nitrogen and oxygen atoms in total. The average Bonchev–Trinajstić information content (AvgIpc) is 2.62. The Morgan fingerprint density at radius 2 is 2.36 bits per heavy atom. The van der Waals surface area contributed by atoms with Gasteiger partial charge in [0, 0.05) is 18.3 Å². The van der Waals surface area contributed by atoms with Gasteiger partial charge in [-0.15, -0.1) is 0 Å². The van der Waals surface area contributed by atoms with E-state index in [1.54, 1.807) is 6.20 Å². The fourth-order valence-electron chi connectivity index (χ4n) is 1.34. The summed E-state index contributed by atoms with van der Waals surface area (Å²) in [5.41, 5.74) is 6.59. The van der Waals surface area contributed by atoms with E-state index < -0.39 is 6.10 Å². The fourth-order valence-corrected chi connectivity index (χ4v) is 1.58. The van der Waals surface area contributed by atoms with Crippen molar-refractivity contribution in [2.75, 3.05) is 6.54 Å². The van der Waals surface area contributed by atoms with Gasteiger partial charge in [-0.05, 0) is 0 Å². The molecule has 0 saturated heterocycles. The molecule has 0 aliphatic carbocycles. The van der Waals surface area contributed by atoms with Crippen molar-refractivity contribution in [1.29, 1.82) is 0 Å². The number of nitrogens with two attached hydrogens (primary N) is 1. The van der Waals surface area contributed by atoms with Crippen LogP contribution in [0.1, 0.15) is 11.7 Å². The van der Waals surface area contributed by atoms with Gasteiger partial charge in [0.15, 0.2) is 0 Å². The molecule has 2 aromatic heterocycles. The van der Waals surface area contributed by atoms with Crippen molar-refractivity contribution in [3.8, 4) is 0 Å². The maximum atomic E-state index is 9.58. The maximum absolute atomic E-state index is 9.58. The minimum atomic E-state index is -0.743. The van der Waals surface area contributed by atoms with Crippen LogP contribution in [0.3, 0.4) is 0 Å². The van der Waals surface area contributed by atoms with Gasteiger partial charge in [-0.1, -0.05) is 11.6 Å². The van der Waals surface area contributed by atoms with Gasteiger partial charge in [-0.3, -0.25) is 0 Å². The van der Waals surface area contributed by atoms with Gasteiger partial charge in [0.05, 0.1) is 11.5 Å². The number of aromatic nitrogens is 3. The predicted molar refractivity (Wildman–Crippen MR) is 52.9 cm³/mol. The summed E-state index contributed by atoms with van der Waals surface area (Å²) in [6.45, 7) is 0.137. The van der Waals surface area contributed by atoms with Crippen LogP contribution >= 0.6 is 11.6 Å². The molecule has 0 fully saturated rings. The first kappa shape index (κ1) is 9.39. The number of fused-ring (bicyclic) bond motifs is 1. The summed E-state index contributed by atoms with van der Waals surface area (Å²) in [4.78, 5) is 10.7. The monoisotopic (exact) mass is 212 g/mol. The number of nitrogens with zero attached hydrogens (tertiary/aromatic N) is 2. The van der Waals surface area contributed by atoms with Crippen LogP contribution in [-0.4, -0.2) is 26.6 Å². The molecular formula is C8H9ClN4O. The van der Waals surface area contributed by atoms with Crippen LogP contribution in [0.5, 0.6) is 0 Å². The first-order valence-corrected chi connectivity index (χ1v) is 4.47. The quantitative estimate of drug-likeness (QED) is 0.637. The molecule has 2 rings (SSSR count). The number of rotatable bonds is 2. The zero-order valence-electron chi connectivity index (χ0n) is 7.24. The first-order valence-electron chi connectivity index (χ1n) is 4.09. The lowest BCUT2D eigenvalue weighted by atomic mass is 10.1. The second-order valence-corrected chi connectivity index (χ2v) is 3.24. The summed E-state index contributed by atoms with van der Waals surface area (Å²) in [5, 5.41) is 10.5. The number of halogens is 1. The molecule has 0 amide bonds. The van der Waals surface area contributed by atoms with E-state index in [9.17, 15) is 5.11 Å². The molecule has 1 unspecified atom stereocenters. The molecule has 4 N–H and O–H groups in total. The smallest absolute Gasteiger partial charge is 0.142 e. The fraction of sp³-hybridized carbons (Fsp3) is 0.250. The third-order valence-electron chi connectivity index (χ3n) is 2.04. The minimum absolute atomic E-state index is 0.137. The molecule has 0 spiro atoms. The normalized spacial score (nSPS) is 13.4. The van der Waals surface area contributed by atoms with Crippen molar-refractivity contribution in [2.45, 2.75) is 6.10 Å². The van der Waals surface area contributed by atoms with Crippen LogP contribution in [-0.2, 0) is 0 Å². The lowest BCUT2D eigenvalue weighted by Gasteiger charge is -2.05. The standard InChI is InChI=1S/C8H9ClN4O/c9-7-6-4(5(14)1-10)2-11-8(6)13-3-12-7/h2-3,5,14H,1,10H2,(H,11,12,13). The molecule has 0 aromatic carbocycles. The van der Waals surface area contributed by atoms with E-state index in [2.05, 4.69) is 15.0 Å². The second-order valence-electron chi connectivity index (χ2n) is 2.88. The van der Waals surface area contributed by atoms with E-state index in [4.69, 9.17) is 17.3 Å². The molecular weight excluding hydrogens is 204 g/mol. The van der Waals surface area contributed by atoms with Gasteiger partial charge in [-0.2, -0.15) is 0 Å². The highest BCUT2D eigenvalue weighted by molar-refractivity contribution is 6.34. The van der Waals surface area contributed by atoms with Crippen molar-refractivity contribution in [2.24, 2.45) is 5.73 Å². The first-order chi connectivity index (χ1) is 6.74. The summed E-state index contributed by atoms with van der Waals surface area (Å²) >= 11 is 5.88. The number of nitrogens with one attached hydrogen (secondary N) is 1. The number of H-pyrrole nitrogens is 1. The van der Waals surface area contributed by atoms with Crippen LogP contribution < -0.4 is 5.73 Å². The maximum Gasteiger partial charge on any atom is 0.142 e. The van der Waals surface area contributed by atoms with Crippen LogP contribution in [0, 0.1) is 0 Å². The number of aromatic amines is 1. The van der Waals surface area contributed by atoms with E-state index in [0.29, 0.717) is 21.7 Å². The molecule has 0 aliphatic rings. The van der Waals surface area contributed by atoms with E-state index in [-0.39, 0.29) is 6.54 Å². The Hall–Kier alpha value is -1.17. The van der Waals surface area contributed by atoms with Crippen LogP contribution in [0.4, 0.5) is 0 Å². The molecule has 74 valence electrons. The molecule has 14 heavy (non-hydrogen) atoms. The van der Waals surface area contributed by atoms with Gasteiger partial charge in [0.1, 0.15) is 17.1 Å². The van der Waals surface area contributed by atoms with Gasteiger partial charge in [0.2, 0.25) is 0 Å². The second kappa shape index (κ2) is 3.53. The van der Waals surface area contributed by atoms with Gasteiger partial charge in [0.25, 0.3) is 0 Å². The summed E-state index contributed by atoms with van der Waals surface area (Å²) in [6, 6.07) is 0. The Bertz CT molecular complexity index is 456. The molecule has 0 aliphatic heterocycles. The van der Waals surface area contributed by atoms with E-state index in [0.717, 1.165) is 0 Å². The summed E-state index contributed by atoms with van der Waals surface area (Å²) in [6.07, 6.45) is 2.26. The topological polar surface area (TPSA) is 87.8 Å². The molecule has 2 heterocycles. The number of aliphatic hydroxyl groups excluding tert-OH is 1. The zero-order chi connectivity index (χ0) is 10.1. The lowest BCUT2D eigenvalue weighted by Crippen LogP contribution is -2.11. The Labute approximate surface area is 84.9 Å². The highest BCUT2D eigenvalue weighted by atomic mass is 35.5. The largest absolute Gasteiger partial charge is 0.387 e. The molecule has 0 bridgehead atoms. The molecule has 0 saturated carbocycles. The highest BCUT2D eigenvalue weighted by Crippen LogP contribution is 2.26. The van der Waals surface area contributed by atoms with E-state index in [1.807, 2.05) is 0 Å². The summed E-state index contributed by atoms with van der Waals surface area (Å²) < 4.78 is 0. The number of aliphatic hydroxyl groups is 1. The van der Waals surface area contributed by atoms with Gasteiger partial charge < -0.3 is 15.8 Å². The van der Waals surface area contributed by atoms with Crippen molar-refractivity contribution < 1.29 is 5.11 Å². The van der Waals surface area contributed by atoms with Crippen molar-refractivity contribution in [1.82, 2.24) is 15.0 Å². The van der Waals surface area contributed by atoms with Crippen molar-refractivity contribution in [3.63, 3.8) is 0 Å². The van der Waals surface area contributed by atoms with Crippen molar-refractivity contribution in [3.05, 3.63) is 23.2 Å². The Balaban J connectivity index is 2.67. The third-order valence-corrected chi connectivity index (χ3v) is 2.32. The Kier molecular flexibility index (Phi) is 2.37. The van der Waals surface area contributed by atoms with Crippen molar-refractivity contribution >= 4 is 22.6 Å². The zero-order valence-corrected chi connectivity index (χ0v) is 7.99. The highest BCUT2D eigenvalue weighted by Gasteiger charge is 2.14. The summed E-state index contributed by atoms with van der Waals surface area (Å²) in [7, 11) is 0. The number of hydrogen-bond acceptors (Lipinski definition) is 4. The third kappa shape index (κ3) is 1.35. The Morgan fingerprint density at radius 1 is 1.57 bits per heavy atom. The lowest BCUT2D eigenvalue weighted by molar-refractivity contribution is 0.188.